The van der Waals surface area contributed by atoms with E-state index in [2.05, 4.69) is 20.0 Å². The molecule has 0 fully saturated rings. The van der Waals surface area contributed by atoms with Gasteiger partial charge in [0.2, 0.25) is 5.84 Å². The minimum atomic E-state index is -1.83. The van der Waals surface area contributed by atoms with Crippen molar-refractivity contribution in [2.75, 3.05) is 26.2 Å². The van der Waals surface area contributed by atoms with Crippen molar-refractivity contribution in [3.05, 3.63) is 90.1 Å². The second-order valence-electron chi connectivity index (χ2n) is 8.30. The van der Waals surface area contributed by atoms with Gasteiger partial charge in [0.15, 0.2) is 11.9 Å². The SMILES string of the molecule is O=[N+]([O-])/C(=C/C(O)C(C1=NCCN1Cc1ccc(Cl)nc1)[N+](=O)[O-])C1=NCCN1Cc1ccc(Cl)nc1. The number of hydrogen-bond donors (Lipinski definition) is 1. The molecule has 2 aliphatic rings. The first-order chi connectivity index (χ1) is 17.7. The van der Waals surface area contributed by atoms with Crippen LogP contribution in [0.15, 0.2) is 58.4 Å². The molecule has 2 aromatic rings. The molecule has 0 amide bonds. The van der Waals surface area contributed by atoms with Crippen LogP contribution in [-0.2, 0) is 13.1 Å². The van der Waals surface area contributed by atoms with E-state index in [0.29, 0.717) is 29.9 Å². The molecule has 2 aromatic heterocycles. The molecule has 0 aromatic carbocycles. The Morgan fingerprint density at radius 1 is 0.973 bits per heavy atom. The van der Waals surface area contributed by atoms with Gasteiger partial charge in [-0.25, -0.2) is 9.97 Å². The largest absolute Gasteiger partial charge is 0.381 e. The van der Waals surface area contributed by atoms with E-state index in [9.17, 15) is 25.3 Å². The molecular formula is C22H22Cl2N8O5. The molecule has 0 saturated heterocycles. The maximum atomic E-state index is 12.0. The molecule has 4 heterocycles. The molecule has 37 heavy (non-hydrogen) atoms. The van der Waals surface area contributed by atoms with Crippen LogP contribution in [0.1, 0.15) is 11.1 Å². The first-order valence-corrected chi connectivity index (χ1v) is 12.0. The van der Waals surface area contributed by atoms with Crippen molar-refractivity contribution in [3.63, 3.8) is 0 Å². The fraction of sp³-hybridized carbons (Fsp3) is 0.364. The van der Waals surface area contributed by atoms with Gasteiger partial charge in [0, 0.05) is 49.6 Å². The fourth-order valence-electron chi connectivity index (χ4n) is 4.10. The number of nitrogens with zero attached hydrogens (tertiary/aromatic N) is 8. The smallest absolute Gasteiger partial charge is 0.310 e. The van der Waals surface area contributed by atoms with E-state index in [1.54, 1.807) is 46.5 Å². The lowest BCUT2D eigenvalue weighted by atomic mass is 10.1. The summed E-state index contributed by atoms with van der Waals surface area (Å²) >= 11 is 11.7. The Balaban J connectivity index is 1.56. The van der Waals surface area contributed by atoms with Gasteiger partial charge in [-0.3, -0.25) is 30.2 Å². The first kappa shape index (κ1) is 26.4. The van der Waals surface area contributed by atoms with Crippen molar-refractivity contribution in [1.29, 1.82) is 0 Å². The molecule has 0 saturated carbocycles. The summed E-state index contributed by atoms with van der Waals surface area (Å²) in [5.74, 6) is 0.0578. The summed E-state index contributed by atoms with van der Waals surface area (Å²) < 4.78 is 0. The molecule has 0 aliphatic carbocycles. The van der Waals surface area contributed by atoms with Gasteiger partial charge in [-0.2, -0.15) is 0 Å². The molecule has 2 unspecified atom stereocenters. The number of aliphatic hydroxyl groups excluding tert-OH is 1. The Kier molecular flexibility index (Phi) is 8.26. The van der Waals surface area contributed by atoms with Crippen LogP contribution in [0.4, 0.5) is 0 Å². The Labute approximate surface area is 221 Å². The lowest BCUT2D eigenvalue weighted by molar-refractivity contribution is -0.513. The second-order valence-corrected chi connectivity index (χ2v) is 9.07. The predicted octanol–water partition coefficient (Wildman–Crippen LogP) is 2.08. The molecule has 0 bridgehead atoms. The van der Waals surface area contributed by atoms with Crippen LogP contribution in [0.3, 0.4) is 0 Å². The maximum Gasteiger partial charge on any atom is 0.310 e. The average Bonchev–Trinajstić information content (AvgIpc) is 3.50. The lowest BCUT2D eigenvalue weighted by Crippen LogP contribution is -2.47. The molecular weight excluding hydrogens is 527 g/mol. The van der Waals surface area contributed by atoms with Crippen LogP contribution in [0.5, 0.6) is 0 Å². The summed E-state index contributed by atoms with van der Waals surface area (Å²) in [4.78, 5) is 42.4. The third-order valence-electron chi connectivity index (χ3n) is 5.79. The van der Waals surface area contributed by atoms with Gasteiger partial charge >= 0.3 is 5.70 Å². The summed E-state index contributed by atoms with van der Waals surface area (Å²) in [7, 11) is 0. The zero-order chi connectivity index (χ0) is 26.5. The highest BCUT2D eigenvalue weighted by molar-refractivity contribution is 6.29. The number of pyridine rings is 2. The molecule has 194 valence electrons. The number of rotatable bonds is 10. The van der Waals surface area contributed by atoms with E-state index in [-0.39, 0.29) is 31.3 Å². The zero-order valence-electron chi connectivity index (χ0n) is 19.4. The predicted molar refractivity (Wildman–Crippen MR) is 136 cm³/mol. The van der Waals surface area contributed by atoms with E-state index < -0.39 is 27.7 Å². The highest BCUT2D eigenvalue weighted by Crippen LogP contribution is 2.20. The minimum absolute atomic E-state index is 0.0264. The van der Waals surface area contributed by atoms with Gasteiger partial charge in [-0.05, 0) is 23.3 Å². The molecule has 4 rings (SSSR count). The van der Waals surface area contributed by atoms with Gasteiger partial charge in [0.1, 0.15) is 10.3 Å². The molecule has 1 N–H and O–H groups in total. The van der Waals surface area contributed by atoms with Gasteiger partial charge in [0.25, 0.3) is 6.04 Å². The van der Waals surface area contributed by atoms with E-state index in [1.807, 2.05) is 0 Å². The van der Waals surface area contributed by atoms with Crippen LogP contribution >= 0.6 is 23.2 Å². The monoisotopic (exact) mass is 548 g/mol. The molecule has 13 nitrogen and oxygen atoms in total. The van der Waals surface area contributed by atoms with Crippen molar-refractivity contribution in [3.8, 4) is 0 Å². The molecule has 0 spiro atoms. The van der Waals surface area contributed by atoms with E-state index in [0.717, 1.165) is 17.2 Å². The highest BCUT2D eigenvalue weighted by Gasteiger charge is 2.42. The summed E-state index contributed by atoms with van der Waals surface area (Å²) in [6.07, 6.45) is 2.13. The van der Waals surface area contributed by atoms with Crippen molar-refractivity contribution < 1.29 is 15.0 Å². The van der Waals surface area contributed by atoms with Crippen molar-refractivity contribution in [2.24, 2.45) is 9.98 Å². The van der Waals surface area contributed by atoms with Gasteiger partial charge < -0.3 is 14.9 Å². The molecule has 0 radical (unpaired) electrons. The Morgan fingerprint density at radius 2 is 1.54 bits per heavy atom. The topological polar surface area (TPSA) is 163 Å². The number of amidine groups is 2. The molecule has 2 aliphatic heterocycles. The Morgan fingerprint density at radius 3 is 2.08 bits per heavy atom. The number of aliphatic hydroxyl groups is 1. The van der Waals surface area contributed by atoms with Gasteiger partial charge in [-0.1, -0.05) is 35.3 Å². The standard InChI is InChI=1S/C22H22Cl2N8O5/c23-18-3-1-14(10-27-18)12-29-7-5-25-21(29)16(31(34)35)9-17(33)20(32(36)37)22-26-6-8-30(22)13-15-2-4-19(24)28-11-15/h1-4,9-11,17,20,33H,5-8,12-13H2/b16-9+. The zero-order valence-corrected chi connectivity index (χ0v) is 20.9. The quantitative estimate of drug-likeness (QED) is 0.266. The second kappa shape index (κ2) is 11.6. The minimum Gasteiger partial charge on any atom is -0.381 e. The molecule has 2 atom stereocenters. The van der Waals surface area contributed by atoms with E-state index >= 15 is 0 Å². The van der Waals surface area contributed by atoms with Crippen molar-refractivity contribution in [1.82, 2.24) is 19.8 Å². The van der Waals surface area contributed by atoms with Crippen LogP contribution < -0.4 is 0 Å². The number of aliphatic imine (C=N–C) groups is 2. The van der Waals surface area contributed by atoms with E-state index in [4.69, 9.17) is 23.2 Å². The van der Waals surface area contributed by atoms with Gasteiger partial charge in [0.05, 0.1) is 18.0 Å². The van der Waals surface area contributed by atoms with Gasteiger partial charge in [-0.15, -0.1) is 0 Å². The highest BCUT2D eigenvalue weighted by atomic mass is 35.5. The number of hydrogen-bond acceptors (Lipinski definition) is 11. The van der Waals surface area contributed by atoms with Crippen LogP contribution in [0.2, 0.25) is 10.3 Å². The van der Waals surface area contributed by atoms with Crippen LogP contribution in [0.25, 0.3) is 0 Å². The van der Waals surface area contributed by atoms with Crippen LogP contribution in [-0.4, -0.2) is 84.7 Å². The normalized spacial score (nSPS) is 17.4. The van der Waals surface area contributed by atoms with Crippen molar-refractivity contribution >= 4 is 34.9 Å². The van der Waals surface area contributed by atoms with E-state index in [1.165, 1.54) is 0 Å². The Bertz CT molecular complexity index is 1250. The summed E-state index contributed by atoms with van der Waals surface area (Å²) in [5, 5.41) is 35.5. The lowest BCUT2D eigenvalue weighted by Gasteiger charge is -2.24. The molecule has 15 heteroatoms. The number of nitro groups is 2. The Hall–Kier alpha value is -3.68. The fourth-order valence-corrected chi connectivity index (χ4v) is 4.33. The number of halogens is 2. The first-order valence-electron chi connectivity index (χ1n) is 11.2. The summed E-state index contributed by atoms with van der Waals surface area (Å²) in [5.41, 5.74) is 0.966. The van der Waals surface area contributed by atoms with Crippen molar-refractivity contribution in [2.45, 2.75) is 25.2 Å². The van der Waals surface area contributed by atoms with Crippen LogP contribution in [0, 0.1) is 20.2 Å². The maximum absolute atomic E-state index is 12.0. The third-order valence-corrected chi connectivity index (χ3v) is 6.24. The number of aromatic nitrogens is 2. The summed E-state index contributed by atoms with van der Waals surface area (Å²) in [6, 6.07) is 4.96. The summed E-state index contributed by atoms with van der Waals surface area (Å²) in [6.45, 7) is 1.88. The average molecular weight is 549 g/mol. The third kappa shape index (κ3) is 6.37.